The summed E-state index contributed by atoms with van der Waals surface area (Å²) in [6, 6.07) is 20.6. The van der Waals surface area contributed by atoms with Crippen LogP contribution in [0.2, 0.25) is 0 Å². The molecule has 1 aliphatic heterocycles. The van der Waals surface area contributed by atoms with Crippen molar-refractivity contribution in [1.29, 1.82) is 0 Å². The molecule has 168 valence electrons. The van der Waals surface area contributed by atoms with E-state index < -0.39 is 18.0 Å². The molecule has 0 N–H and O–H groups in total. The highest BCUT2D eigenvalue weighted by molar-refractivity contribution is 9.10. The van der Waals surface area contributed by atoms with Crippen molar-refractivity contribution in [2.45, 2.75) is 32.5 Å². The van der Waals surface area contributed by atoms with Crippen molar-refractivity contribution < 1.29 is 23.4 Å². The predicted molar refractivity (Wildman–Crippen MR) is 124 cm³/mol. The number of nitrogens with zero attached hydrogens (tertiary/aromatic N) is 1. The van der Waals surface area contributed by atoms with Gasteiger partial charge in [-0.1, -0.05) is 58.4 Å². The number of oxazole rings is 1. The van der Waals surface area contributed by atoms with Gasteiger partial charge in [0.2, 0.25) is 6.29 Å². The lowest BCUT2D eigenvalue weighted by atomic mass is 10.1. The maximum absolute atomic E-state index is 12.5. The number of ether oxygens (including phenoxy) is 3. The number of hydrogen-bond acceptors (Lipinski definition) is 6. The fourth-order valence-corrected chi connectivity index (χ4v) is 4.37. The van der Waals surface area contributed by atoms with Crippen LogP contribution in [0.4, 0.5) is 0 Å². The number of carbonyl (C=O) groups excluding carboxylic acids is 1. The second-order valence-electron chi connectivity index (χ2n) is 7.62. The first kappa shape index (κ1) is 21.5. The third-order valence-electron chi connectivity index (χ3n) is 5.40. The molecule has 0 fully saturated rings. The molecule has 1 aromatic heterocycles. The summed E-state index contributed by atoms with van der Waals surface area (Å²) in [7, 11) is 0. The number of halogens is 1. The quantitative estimate of drug-likeness (QED) is 0.336. The Morgan fingerprint density at radius 3 is 2.73 bits per heavy atom. The van der Waals surface area contributed by atoms with E-state index in [0.29, 0.717) is 23.5 Å². The first-order chi connectivity index (χ1) is 16.1. The van der Waals surface area contributed by atoms with Crippen LogP contribution >= 0.6 is 15.9 Å². The molecule has 2 heterocycles. The molecule has 0 radical (unpaired) electrons. The van der Waals surface area contributed by atoms with Gasteiger partial charge in [0.1, 0.15) is 12.4 Å². The highest BCUT2D eigenvalue weighted by Gasteiger charge is 2.25. The number of hydrogen-bond donors (Lipinski definition) is 0. The molecule has 0 saturated heterocycles. The minimum atomic E-state index is -0.532. The maximum atomic E-state index is 12.5. The van der Waals surface area contributed by atoms with Crippen LogP contribution in [0.3, 0.4) is 0 Å². The number of benzene rings is 3. The average Bonchev–Trinajstić information content (AvgIpc) is 3.16. The van der Waals surface area contributed by atoms with Crippen LogP contribution in [0.1, 0.15) is 29.4 Å². The van der Waals surface area contributed by atoms with E-state index in [-0.39, 0.29) is 19.6 Å². The molecule has 0 unspecified atom stereocenters. The lowest BCUT2D eigenvalue weighted by Gasteiger charge is -2.28. The second kappa shape index (κ2) is 9.25. The molecule has 0 spiro atoms. The topological polar surface area (TPSA) is 79.9 Å². The molecule has 3 aromatic carbocycles. The number of aromatic nitrogens is 1. The number of aryl methyl sites for hydroxylation is 1. The van der Waals surface area contributed by atoms with Crippen LogP contribution in [0.5, 0.6) is 5.75 Å². The van der Waals surface area contributed by atoms with Crippen molar-refractivity contribution in [3.63, 3.8) is 0 Å². The number of para-hydroxylation sites is 2. The van der Waals surface area contributed by atoms with E-state index in [0.717, 1.165) is 21.2 Å². The Balaban J connectivity index is 1.27. The summed E-state index contributed by atoms with van der Waals surface area (Å²) >= 11 is 3.50. The summed E-state index contributed by atoms with van der Waals surface area (Å²) in [6.45, 7) is 0.598. The zero-order valence-electron chi connectivity index (χ0n) is 17.5. The summed E-state index contributed by atoms with van der Waals surface area (Å²) in [5, 5.41) is 0. The van der Waals surface area contributed by atoms with Gasteiger partial charge in [0, 0.05) is 27.7 Å². The maximum Gasteiger partial charge on any atom is 0.419 e. The third-order valence-corrected chi connectivity index (χ3v) is 5.85. The van der Waals surface area contributed by atoms with Gasteiger partial charge in [-0.25, -0.2) is 4.79 Å². The Morgan fingerprint density at radius 1 is 1.09 bits per heavy atom. The average molecular weight is 510 g/mol. The van der Waals surface area contributed by atoms with Crippen molar-refractivity contribution in [3.05, 3.63) is 98.4 Å². The van der Waals surface area contributed by atoms with Gasteiger partial charge in [-0.15, -0.1) is 0 Å². The van der Waals surface area contributed by atoms with Gasteiger partial charge in [-0.05, 0) is 24.3 Å². The van der Waals surface area contributed by atoms with Gasteiger partial charge in [0.05, 0.1) is 18.5 Å². The van der Waals surface area contributed by atoms with E-state index in [2.05, 4.69) is 15.9 Å². The van der Waals surface area contributed by atoms with E-state index in [4.69, 9.17) is 18.6 Å². The van der Waals surface area contributed by atoms with Crippen molar-refractivity contribution in [1.82, 2.24) is 4.57 Å². The molecule has 8 heteroatoms. The Kier molecular flexibility index (Phi) is 6.02. The van der Waals surface area contributed by atoms with Gasteiger partial charge in [0.25, 0.3) is 0 Å². The molecule has 0 amide bonds. The van der Waals surface area contributed by atoms with E-state index in [1.807, 2.05) is 48.5 Å². The van der Waals surface area contributed by atoms with Crippen LogP contribution in [-0.2, 0) is 34.0 Å². The van der Waals surface area contributed by atoms with Crippen molar-refractivity contribution in [2.24, 2.45) is 0 Å². The van der Waals surface area contributed by atoms with E-state index in [1.165, 1.54) is 4.57 Å². The van der Waals surface area contributed by atoms with Gasteiger partial charge < -0.3 is 18.6 Å². The van der Waals surface area contributed by atoms with Crippen LogP contribution in [-0.4, -0.2) is 10.5 Å². The Labute approximate surface area is 197 Å². The van der Waals surface area contributed by atoms with E-state index >= 15 is 0 Å². The molecule has 1 aliphatic rings. The first-order valence-electron chi connectivity index (χ1n) is 10.5. The molecule has 1 atom stereocenters. The monoisotopic (exact) mass is 509 g/mol. The fraction of sp³-hybridized carbons (Fsp3) is 0.200. The molecule has 0 saturated carbocycles. The largest absolute Gasteiger partial charge is 0.461 e. The second-order valence-corrected chi connectivity index (χ2v) is 8.54. The highest BCUT2D eigenvalue weighted by Crippen LogP contribution is 2.38. The zero-order valence-corrected chi connectivity index (χ0v) is 19.1. The fourth-order valence-electron chi connectivity index (χ4n) is 3.82. The lowest BCUT2D eigenvalue weighted by molar-refractivity contribution is -0.145. The molecular formula is C25H20BrNO6. The summed E-state index contributed by atoms with van der Waals surface area (Å²) in [6.07, 6.45) is -0.494. The van der Waals surface area contributed by atoms with Crippen LogP contribution in [0.15, 0.2) is 80.4 Å². The zero-order chi connectivity index (χ0) is 22.8. The summed E-state index contributed by atoms with van der Waals surface area (Å²) in [5.41, 5.74) is 3.66. The SMILES string of the molecule is O=C(CCn1c(=O)oc2ccccc21)OCc1cc(Br)cc2c1O[C@@H](c1ccccc1)OC2. The standard InChI is InChI=1S/C25H20BrNO6/c26-19-12-17(23-18(13-19)15-31-24(33-23)16-6-2-1-3-7-16)14-30-22(28)10-11-27-20-8-4-5-9-21(20)32-25(27)29/h1-9,12-13,24H,10-11,14-15H2/t24-/m0/s1. The summed E-state index contributed by atoms with van der Waals surface area (Å²) < 4.78 is 25.0. The van der Waals surface area contributed by atoms with Gasteiger partial charge in [-0.3, -0.25) is 9.36 Å². The number of carbonyl (C=O) groups is 1. The van der Waals surface area contributed by atoms with Crippen LogP contribution < -0.4 is 10.5 Å². The molecule has 5 rings (SSSR count). The number of fused-ring (bicyclic) bond motifs is 2. The van der Waals surface area contributed by atoms with Crippen molar-refractivity contribution in [3.8, 4) is 5.75 Å². The van der Waals surface area contributed by atoms with E-state index in [9.17, 15) is 9.59 Å². The summed E-state index contributed by atoms with van der Waals surface area (Å²) in [4.78, 5) is 24.5. The minimum Gasteiger partial charge on any atom is -0.461 e. The first-order valence-corrected chi connectivity index (χ1v) is 11.3. The normalized spacial score (nSPS) is 15.1. The molecule has 0 bridgehead atoms. The lowest BCUT2D eigenvalue weighted by Crippen LogP contribution is -2.20. The van der Waals surface area contributed by atoms with Crippen LogP contribution in [0, 0.1) is 0 Å². The van der Waals surface area contributed by atoms with Gasteiger partial charge in [-0.2, -0.15) is 0 Å². The molecule has 33 heavy (non-hydrogen) atoms. The predicted octanol–water partition coefficient (Wildman–Crippen LogP) is 5.10. The smallest absolute Gasteiger partial charge is 0.419 e. The minimum absolute atomic E-state index is 0.0379. The Morgan fingerprint density at radius 2 is 1.88 bits per heavy atom. The van der Waals surface area contributed by atoms with Crippen LogP contribution in [0.25, 0.3) is 11.1 Å². The summed E-state index contributed by atoms with van der Waals surface area (Å²) in [5.74, 6) is -0.263. The highest BCUT2D eigenvalue weighted by atomic mass is 79.9. The van der Waals surface area contributed by atoms with Crippen molar-refractivity contribution in [2.75, 3.05) is 0 Å². The molecule has 4 aromatic rings. The Bertz CT molecular complexity index is 1360. The Hall–Kier alpha value is -3.36. The van der Waals surface area contributed by atoms with Gasteiger partial charge in [0.15, 0.2) is 5.58 Å². The van der Waals surface area contributed by atoms with E-state index in [1.54, 1.807) is 18.2 Å². The third kappa shape index (κ3) is 4.58. The molecule has 0 aliphatic carbocycles. The molecule has 7 nitrogen and oxygen atoms in total. The number of rotatable bonds is 6. The molecular weight excluding hydrogens is 490 g/mol. The van der Waals surface area contributed by atoms with Crippen molar-refractivity contribution >= 4 is 33.0 Å². The van der Waals surface area contributed by atoms with Gasteiger partial charge >= 0.3 is 11.7 Å². The number of esters is 1.